The monoisotopic (exact) mass is 272 g/mol. The van der Waals surface area contributed by atoms with Gasteiger partial charge in [-0.25, -0.2) is 9.48 Å². The van der Waals surface area contributed by atoms with Crippen molar-refractivity contribution in [2.45, 2.75) is 13.8 Å². The molecule has 0 spiro atoms. The number of hydrogen-bond donors (Lipinski definition) is 1. The first-order valence-corrected chi connectivity index (χ1v) is 5.86. The molecule has 6 heteroatoms. The van der Waals surface area contributed by atoms with Gasteiger partial charge >= 0.3 is 5.97 Å². The van der Waals surface area contributed by atoms with Gasteiger partial charge in [0.05, 0.1) is 5.69 Å². The molecule has 1 heterocycles. The number of hydrogen-bond acceptors (Lipinski definition) is 4. The molecule has 0 amide bonds. The van der Waals surface area contributed by atoms with Crippen LogP contribution in [0.1, 0.15) is 33.5 Å². The Morgan fingerprint density at radius 2 is 1.95 bits per heavy atom. The second kappa shape index (κ2) is 5.08. The van der Waals surface area contributed by atoms with Crippen molar-refractivity contribution in [3.8, 4) is 5.69 Å². The number of benzene rings is 1. The van der Waals surface area contributed by atoms with Gasteiger partial charge in [-0.15, -0.1) is 0 Å². The standard InChI is InChI=1S/C14H12N2O4/c1-8-6-12(18)13(14(19)20)15-16(8)11-5-3-4-10(7-11)9(2)17/h3-7H,1-2H3,(H,19,20). The molecular weight excluding hydrogens is 260 g/mol. The molecule has 0 saturated heterocycles. The Labute approximate surface area is 114 Å². The molecule has 2 aromatic rings. The normalized spacial score (nSPS) is 10.3. The van der Waals surface area contributed by atoms with Crippen LogP contribution in [0.2, 0.25) is 0 Å². The molecule has 0 unspecified atom stereocenters. The van der Waals surface area contributed by atoms with E-state index in [4.69, 9.17) is 5.11 Å². The molecule has 1 aromatic carbocycles. The Morgan fingerprint density at radius 1 is 1.25 bits per heavy atom. The number of rotatable bonds is 3. The molecule has 0 aliphatic carbocycles. The summed E-state index contributed by atoms with van der Waals surface area (Å²) >= 11 is 0. The van der Waals surface area contributed by atoms with E-state index in [1.165, 1.54) is 17.7 Å². The number of aryl methyl sites for hydroxylation is 1. The Bertz CT molecular complexity index is 762. The molecule has 0 fully saturated rings. The zero-order valence-corrected chi connectivity index (χ0v) is 11.0. The lowest BCUT2D eigenvalue weighted by Gasteiger charge is -2.10. The fourth-order valence-corrected chi connectivity index (χ4v) is 1.81. The average molecular weight is 272 g/mol. The van der Waals surface area contributed by atoms with E-state index in [1.54, 1.807) is 31.2 Å². The van der Waals surface area contributed by atoms with Crippen molar-refractivity contribution in [2.75, 3.05) is 0 Å². The third-order valence-electron chi connectivity index (χ3n) is 2.81. The van der Waals surface area contributed by atoms with Gasteiger partial charge in [-0.3, -0.25) is 9.59 Å². The minimum Gasteiger partial charge on any atom is -0.476 e. The maximum atomic E-state index is 11.5. The topological polar surface area (TPSA) is 89.3 Å². The van der Waals surface area contributed by atoms with Gasteiger partial charge in [0.2, 0.25) is 11.1 Å². The highest BCUT2D eigenvalue weighted by Crippen LogP contribution is 2.12. The number of carboxylic acid groups (broad SMARTS) is 1. The second-order valence-corrected chi connectivity index (χ2v) is 4.32. The van der Waals surface area contributed by atoms with E-state index in [0.717, 1.165) is 0 Å². The highest BCUT2D eigenvalue weighted by Gasteiger charge is 2.14. The molecule has 1 aromatic heterocycles. The summed E-state index contributed by atoms with van der Waals surface area (Å²) in [6.45, 7) is 3.08. The van der Waals surface area contributed by atoms with Crippen LogP contribution in [0.4, 0.5) is 0 Å². The fourth-order valence-electron chi connectivity index (χ4n) is 1.81. The summed E-state index contributed by atoms with van der Waals surface area (Å²) in [7, 11) is 0. The van der Waals surface area contributed by atoms with Gasteiger partial charge in [0.1, 0.15) is 0 Å². The highest BCUT2D eigenvalue weighted by molar-refractivity contribution is 5.94. The molecule has 0 atom stereocenters. The van der Waals surface area contributed by atoms with Crippen LogP contribution in [0.3, 0.4) is 0 Å². The Balaban J connectivity index is 2.66. The Morgan fingerprint density at radius 3 is 2.55 bits per heavy atom. The molecule has 0 aliphatic heterocycles. The summed E-state index contributed by atoms with van der Waals surface area (Å²) in [6, 6.07) is 7.81. The predicted octanol–water partition coefficient (Wildman–Crippen LogP) is 1.44. The zero-order valence-electron chi connectivity index (χ0n) is 11.0. The third kappa shape index (κ3) is 2.49. The number of aromatic nitrogens is 2. The zero-order chi connectivity index (χ0) is 14.9. The number of Topliss-reactive ketones (excluding diaryl/α,β-unsaturated/α-hetero) is 1. The summed E-state index contributed by atoms with van der Waals surface area (Å²) in [5, 5.41) is 12.8. The van der Waals surface area contributed by atoms with Gasteiger partial charge in [0.25, 0.3) is 0 Å². The molecule has 1 N–H and O–H groups in total. The molecular formula is C14H12N2O4. The summed E-state index contributed by atoms with van der Waals surface area (Å²) in [4.78, 5) is 33.9. The van der Waals surface area contributed by atoms with Crippen molar-refractivity contribution < 1.29 is 14.7 Å². The minimum atomic E-state index is -1.38. The number of ketones is 1. The lowest BCUT2D eigenvalue weighted by molar-refractivity contribution is 0.0686. The molecule has 0 aliphatic rings. The van der Waals surface area contributed by atoms with Crippen molar-refractivity contribution in [1.82, 2.24) is 9.78 Å². The van der Waals surface area contributed by atoms with Crippen LogP contribution in [0.15, 0.2) is 35.1 Å². The van der Waals surface area contributed by atoms with E-state index < -0.39 is 17.1 Å². The van der Waals surface area contributed by atoms with Crippen LogP contribution in [-0.2, 0) is 0 Å². The molecule has 0 bridgehead atoms. The smallest absolute Gasteiger partial charge is 0.360 e. The maximum absolute atomic E-state index is 11.5. The Hall–Kier alpha value is -2.76. The van der Waals surface area contributed by atoms with Crippen LogP contribution in [0.25, 0.3) is 5.69 Å². The largest absolute Gasteiger partial charge is 0.476 e. The predicted molar refractivity (Wildman–Crippen MR) is 71.5 cm³/mol. The van der Waals surface area contributed by atoms with Crippen LogP contribution < -0.4 is 5.43 Å². The first kappa shape index (κ1) is 13.7. The van der Waals surface area contributed by atoms with Crippen molar-refractivity contribution in [3.05, 3.63) is 57.5 Å². The third-order valence-corrected chi connectivity index (χ3v) is 2.81. The van der Waals surface area contributed by atoms with Gasteiger partial charge < -0.3 is 5.11 Å². The SMILES string of the molecule is CC(=O)c1cccc(-n2nc(C(=O)O)c(=O)cc2C)c1. The minimum absolute atomic E-state index is 0.107. The molecule has 0 radical (unpaired) electrons. The van der Waals surface area contributed by atoms with E-state index in [-0.39, 0.29) is 5.78 Å². The van der Waals surface area contributed by atoms with E-state index in [1.807, 2.05) is 0 Å². The van der Waals surface area contributed by atoms with E-state index >= 15 is 0 Å². The molecule has 20 heavy (non-hydrogen) atoms. The van der Waals surface area contributed by atoms with Gasteiger partial charge in [-0.1, -0.05) is 12.1 Å². The summed E-state index contributed by atoms with van der Waals surface area (Å²) in [5.74, 6) is -1.49. The van der Waals surface area contributed by atoms with Crippen LogP contribution in [0.5, 0.6) is 0 Å². The number of carbonyl (C=O) groups is 2. The van der Waals surface area contributed by atoms with Gasteiger partial charge in [0, 0.05) is 17.3 Å². The van der Waals surface area contributed by atoms with Gasteiger partial charge in [-0.2, -0.15) is 5.10 Å². The van der Waals surface area contributed by atoms with Crippen molar-refractivity contribution in [3.63, 3.8) is 0 Å². The van der Waals surface area contributed by atoms with Crippen LogP contribution >= 0.6 is 0 Å². The number of carboxylic acids is 1. The summed E-state index contributed by atoms with van der Waals surface area (Å²) < 4.78 is 1.33. The van der Waals surface area contributed by atoms with Crippen LogP contribution in [-0.4, -0.2) is 26.6 Å². The van der Waals surface area contributed by atoms with Crippen molar-refractivity contribution in [2.24, 2.45) is 0 Å². The lowest BCUT2D eigenvalue weighted by Crippen LogP contribution is -2.22. The quantitative estimate of drug-likeness (QED) is 0.854. The average Bonchev–Trinajstić information content (AvgIpc) is 2.38. The van der Waals surface area contributed by atoms with Crippen molar-refractivity contribution >= 4 is 11.8 Å². The number of carbonyl (C=O) groups excluding carboxylic acids is 1. The highest BCUT2D eigenvalue weighted by atomic mass is 16.4. The molecule has 6 nitrogen and oxygen atoms in total. The van der Waals surface area contributed by atoms with E-state index in [0.29, 0.717) is 16.9 Å². The van der Waals surface area contributed by atoms with E-state index in [2.05, 4.69) is 5.10 Å². The molecule has 102 valence electrons. The van der Waals surface area contributed by atoms with Crippen molar-refractivity contribution in [1.29, 1.82) is 0 Å². The molecule has 2 rings (SSSR count). The van der Waals surface area contributed by atoms with Crippen LogP contribution in [0, 0.1) is 6.92 Å². The maximum Gasteiger partial charge on any atom is 0.360 e. The number of nitrogens with zero attached hydrogens (tertiary/aromatic N) is 2. The summed E-state index contributed by atoms with van der Waals surface area (Å²) in [6.07, 6.45) is 0. The first-order valence-electron chi connectivity index (χ1n) is 5.86. The number of aromatic carboxylic acids is 1. The lowest BCUT2D eigenvalue weighted by atomic mass is 10.1. The van der Waals surface area contributed by atoms with Gasteiger partial charge in [0.15, 0.2) is 5.78 Å². The molecule has 0 saturated carbocycles. The first-order chi connectivity index (χ1) is 9.40. The van der Waals surface area contributed by atoms with E-state index in [9.17, 15) is 14.4 Å². The Kier molecular flexibility index (Phi) is 3.47. The summed E-state index contributed by atoms with van der Waals surface area (Å²) in [5.41, 5.74) is 0.301. The van der Waals surface area contributed by atoms with Gasteiger partial charge in [-0.05, 0) is 26.0 Å². The second-order valence-electron chi connectivity index (χ2n) is 4.32. The fraction of sp³-hybridized carbons (Fsp3) is 0.143.